The average Bonchev–Trinajstić information content (AvgIpc) is 2.85. The molecular formula is C14H22N4O. The summed E-state index contributed by atoms with van der Waals surface area (Å²) in [4.78, 5) is 13.6. The standard InChI is InChI=1S/C14H22N4O/c1-3-19-14-7-13(15-10-16-14)18-9-12-5-4-6-17(12)8-11(18)2/h7,10-12H,3-6,8-9H2,1-2H3/t11-,12-/m0/s1. The summed E-state index contributed by atoms with van der Waals surface area (Å²) < 4.78 is 5.47. The molecule has 5 heteroatoms. The summed E-state index contributed by atoms with van der Waals surface area (Å²) in [5, 5.41) is 0. The van der Waals surface area contributed by atoms with Crippen LogP contribution in [0.3, 0.4) is 0 Å². The van der Waals surface area contributed by atoms with Crippen molar-refractivity contribution in [2.75, 3.05) is 31.1 Å². The van der Waals surface area contributed by atoms with Gasteiger partial charge >= 0.3 is 0 Å². The third kappa shape index (κ3) is 2.52. The molecule has 104 valence electrons. The first-order valence-electron chi connectivity index (χ1n) is 7.23. The van der Waals surface area contributed by atoms with E-state index in [1.165, 1.54) is 19.4 Å². The van der Waals surface area contributed by atoms with Crippen molar-refractivity contribution in [1.82, 2.24) is 14.9 Å². The van der Waals surface area contributed by atoms with Crippen molar-refractivity contribution in [2.24, 2.45) is 0 Å². The predicted molar refractivity (Wildman–Crippen MR) is 74.6 cm³/mol. The number of aromatic nitrogens is 2. The minimum Gasteiger partial charge on any atom is -0.478 e. The van der Waals surface area contributed by atoms with E-state index >= 15 is 0 Å². The van der Waals surface area contributed by atoms with Crippen LogP contribution in [0.1, 0.15) is 26.7 Å². The third-order valence-electron chi connectivity index (χ3n) is 4.15. The normalized spacial score (nSPS) is 27.4. The molecule has 0 saturated carbocycles. The van der Waals surface area contributed by atoms with E-state index in [4.69, 9.17) is 4.74 Å². The summed E-state index contributed by atoms with van der Waals surface area (Å²) in [6.45, 7) is 8.36. The molecule has 0 spiro atoms. The molecule has 0 bridgehead atoms. The van der Waals surface area contributed by atoms with Crippen molar-refractivity contribution in [3.05, 3.63) is 12.4 Å². The van der Waals surface area contributed by atoms with Gasteiger partial charge in [-0.2, -0.15) is 0 Å². The maximum absolute atomic E-state index is 5.47. The number of nitrogens with zero attached hydrogens (tertiary/aromatic N) is 4. The predicted octanol–water partition coefficient (Wildman–Crippen LogP) is 1.55. The molecule has 0 unspecified atom stereocenters. The van der Waals surface area contributed by atoms with Crippen LogP contribution in [0.15, 0.2) is 12.4 Å². The van der Waals surface area contributed by atoms with Crippen LogP contribution in [0.5, 0.6) is 5.88 Å². The molecule has 0 aromatic carbocycles. The molecule has 0 N–H and O–H groups in total. The van der Waals surface area contributed by atoms with Gasteiger partial charge in [0, 0.05) is 31.2 Å². The fraction of sp³-hybridized carbons (Fsp3) is 0.714. The molecule has 3 rings (SSSR count). The molecular weight excluding hydrogens is 240 g/mol. The van der Waals surface area contributed by atoms with Gasteiger partial charge in [-0.1, -0.05) is 0 Å². The number of ether oxygens (including phenoxy) is 1. The van der Waals surface area contributed by atoms with Crippen molar-refractivity contribution in [3.8, 4) is 5.88 Å². The van der Waals surface area contributed by atoms with Crippen LogP contribution in [-0.2, 0) is 0 Å². The summed E-state index contributed by atoms with van der Waals surface area (Å²) in [5.74, 6) is 1.67. The molecule has 1 aromatic rings. The van der Waals surface area contributed by atoms with Gasteiger partial charge < -0.3 is 9.64 Å². The summed E-state index contributed by atoms with van der Waals surface area (Å²) in [7, 11) is 0. The molecule has 0 aliphatic carbocycles. The Morgan fingerprint density at radius 3 is 3.11 bits per heavy atom. The van der Waals surface area contributed by atoms with Crippen molar-refractivity contribution < 1.29 is 4.74 Å². The minimum absolute atomic E-state index is 0.499. The zero-order valence-corrected chi connectivity index (χ0v) is 11.7. The molecule has 19 heavy (non-hydrogen) atoms. The fourth-order valence-electron chi connectivity index (χ4n) is 3.22. The largest absolute Gasteiger partial charge is 0.478 e. The lowest BCUT2D eigenvalue weighted by Gasteiger charge is -2.42. The summed E-state index contributed by atoms with van der Waals surface area (Å²) in [6.07, 6.45) is 4.25. The lowest BCUT2D eigenvalue weighted by molar-refractivity contribution is 0.202. The highest BCUT2D eigenvalue weighted by Crippen LogP contribution is 2.28. The first-order chi connectivity index (χ1) is 9.28. The molecule has 1 aromatic heterocycles. The number of hydrogen-bond acceptors (Lipinski definition) is 5. The van der Waals surface area contributed by atoms with Gasteiger partial charge in [-0.15, -0.1) is 0 Å². The quantitative estimate of drug-likeness (QED) is 0.826. The molecule has 2 atom stereocenters. The summed E-state index contributed by atoms with van der Waals surface area (Å²) in [5.41, 5.74) is 0. The van der Waals surface area contributed by atoms with Gasteiger partial charge in [-0.25, -0.2) is 9.97 Å². The van der Waals surface area contributed by atoms with Crippen LogP contribution >= 0.6 is 0 Å². The van der Waals surface area contributed by atoms with Crippen LogP contribution in [-0.4, -0.2) is 53.2 Å². The van der Waals surface area contributed by atoms with Crippen LogP contribution < -0.4 is 9.64 Å². The zero-order valence-electron chi connectivity index (χ0n) is 11.7. The summed E-state index contributed by atoms with van der Waals surface area (Å²) in [6, 6.07) is 3.16. The number of rotatable bonds is 3. The number of piperazine rings is 1. The maximum atomic E-state index is 5.47. The van der Waals surface area contributed by atoms with Gasteiger partial charge in [0.2, 0.25) is 5.88 Å². The van der Waals surface area contributed by atoms with Gasteiger partial charge in [-0.3, -0.25) is 4.90 Å². The second-order valence-electron chi connectivity index (χ2n) is 5.44. The first-order valence-corrected chi connectivity index (χ1v) is 7.23. The Morgan fingerprint density at radius 2 is 2.26 bits per heavy atom. The molecule has 5 nitrogen and oxygen atoms in total. The topological polar surface area (TPSA) is 41.5 Å². The number of anilines is 1. The van der Waals surface area contributed by atoms with E-state index in [-0.39, 0.29) is 0 Å². The van der Waals surface area contributed by atoms with Crippen molar-refractivity contribution >= 4 is 5.82 Å². The van der Waals surface area contributed by atoms with Crippen molar-refractivity contribution in [1.29, 1.82) is 0 Å². The third-order valence-corrected chi connectivity index (χ3v) is 4.15. The monoisotopic (exact) mass is 262 g/mol. The zero-order chi connectivity index (χ0) is 13.2. The van der Waals surface area contributed by atoms with Gasteiger partial charge in [0.25, 0.3) is 0 Å². The second kappa shape index (κ2) is 5.33. The molecule has 0 amide bonds. The Morgan fingerprint density at radius 1 is 1.37 bits per heavy atom. The average molecular weight is 262 g/mol. The van der Waals surface area contributed by atoms with E-state index in [1.807, 2.05) is 13.0 Å². The Labute approximate surface area is 114 Å². The lowest BCUT2D eigenvalue weighted by Crippen LogP contribution is -2.55. The lowest BCUT2D eigenvalue weighted by atomic mass is 10.1. The maximum Gasteiger partial charge on any atom is 0.218 e. The van der Waals surface area contributed by atoms with E-state index in [9.17, 15) is 0 Å². The molecule has 2 aliphatic heterocycles. The van der Waals surface area contributed by atoms with Crippen LogP contribution in [0, 0.1) is 0 Å². The van der Waals surface area contributed by atoms with Gasteiger partial charge in [0.05, 0.1) is 6.61 Å². The van der Waals surface area contributed by atoms with E-state index < -0.39 is 0 Å². The fourth-order valence-corrected chi connectivity index (χ4v) is 3.22. The van der Waals surface area contributed by atoms with Crippen LogP contribution in [0.4, 0.5) is 5.82 Å². The number of hydrogen-bond donors (Lipinski definition) is 0. The van der Waals surface area contributed by atoms with E-state index in [1.54, 1.807) is 6.33 Å². The minimum atomic E-state index is 0.499. The Balaban J connectivity index is 1.78. The van der Waals surface area contributed by atoms with E-state index in [0.717, 1.165) is 18.9 Å². The van der Waals surface area contributed by atoms with Crippen LogP contribution in [0.2, 0.25) is 0 Å². The van der Waals surface area contributed by atoms with Crippen molar-refractivity contribution in [3.63, 3.8) is 0 Å². The van der Waals surface area contributed by atoms with E-state index in [0.29, 0.717) is 24.6 Å². The first kappa shape index (κ1) is 12.7. The Hall–Kier alpha value is -1.36. The van der Waals surface area contributed by atoms with Crippen molar-refractivity contribution in [2.45, 2.75) is 38.8 Å². The molecule has 2 saturated heterocycles. The Kier molecular flexibility index (Phi) is 3.55. The van der Waals surface area contributed by atoms with Crippen LogP contribution in [0.25, 0.3) is 0 Å². The van der Waals surface area contributed by atoms with E-state index in [2.05, 4.69) is 26.7 Å². The highest BCUT2D eigenvalue weighted by molar-refractivity contribution is 5.43. The van der Waals surface area contributed by atoms with Gasteiger partial charge in [-0.05, 0) is 33.2 Å². The summed E-state index contributed by atoms with van der Waals surface area (Å²) >= 11 is 0. The molecule has 3 heterocycles. The highest BCUT2D eigenvalue weighted by Gasteiger charge is 2.34. The van der Waals surface area contributed by atoms with Gasteiger partial charge in [0.15, 0.2) is 0 Å². The smallest absolute Gasteiger partial charge is 0.218 e. The Bertz CT molecular complexity index is 439. The SMILES string of the molecule is CCOc1cc(N2C[C@@H]3CCCN3C[C@@H]2C)ncn1. The van der Waals surface area contributed by atoms with Gasteiger partial charge in [0.1, 0.15) is 12.1 Å². The number of fused-ring (bicyclic) bond motifs is 1. The molecule has 2 fully saturated rings. The molecule has 0 radical (unpaired) electrons. The second-order valence-corrected chi connectivity index (χ2v) is 5.44. The molecule has 2 aliphatic rings. The highest BCUT2D eigenvalue weighted by atomic mass is 16.5.